The van der Waals surface area contributed by atoms with E-state index in [9.17, 15) is 4.79 Å². The van der Waals surface area contributed by atoms with Gasteiger partial charge in [0.05, 0.1) is 0 Å². The van der Waals surface area contributed by atoms with E-state index in [4.69, 9.17) is 0 Å². The highest BCUT2D eigenvalue weighted by Gasteiger charge is 2.51. The Kier molecular flexibility index (Phi) is 5.48. The first-order valence-electron chi connectivity index (χ1n) is 11.7. The average Bonchev–Trinajstić information content (AvgIpc) is 3.09. The van der Waals surface area contributed by atoms with Gasteiger partial charge < -0.3 is 0 Å². The molecular weight excluding hydrogens is 392 g/mol. The Morgan fingerprint density at radius 3 is 2.16 bits per heavy atom. The second kappa shape index (κ2) is 8.31. The third-order valence-electron chi connectivity index (χ3n) is 7.35. The van der Waals surface area contributed by atoms with Gasteiger partial charge in [-0.25, -0.2) is 0 Å². The lowest BCUT2D eigenvalue weighted by Gasteiger charge is -2.45. The summed E-state index contributed by atoms with van der Waals surface area (Å²) in [6.07, 6.45) is 0.767. The van der Waals surface area contributed by atoms with Crippen LogP contribution in [0.4, 0.5) is 0 Å². The van der Waals surface area contributed by atoms with E-state index in [-0.39, 0.29) is 5.78 Å². The molecule has 2 aliphatic rings. The van der Waals surface area contributed by atoms with Crippen molar-refractivity contribution in [1.82, 2.24) is 9.80 Å². The lowest BCUT2D eigenvalue weighted by Crippen LogP contribution is -2.58. The van der Waals surface area contributed by atoms with Gasteiger partial charge in [-0.1, -0.05) is 77.9 Å². The van der Waals surface area contributed by atoms with Crippen LogP contribution in [0.3, 0.4) is 0 Å². The van der Waals surface area contributed by atoms with E-state index in [1.165, 1.54) is 27.8 Å². The molecule has 32 heavy (non-hydrogen) atoms. The number of rotatable bonds is 4. The number of carbonyl (C=O) groups is 1. The lowest BCUT2D eigenvalue weighted by molar-refractivity contribution is 0.0287. The number of fused-ring (bicyclic) bond motifs is 1. The molecule has 1 unspecified atom stereocenters. The Bertz CT molecular complexity index is 1140. The molecule has 1 fully saturated rings. The van der Waals surface area contributed by atoms with Crippen LogP contribution in [0.5, 0.6) is 0 Å². The Balaban J connectivity index is 1.45. The highest BCUT2D eigenvalue weighted by atomic mass is 16.1. The molecule has 0 saturated carbocycles. The van der Waals surface area contributed by atoms with Crippen molar-refractivity contribution in [3.8, 4) is 0 Å². The van der Waals surface area contributed by atoms with Crippen LogP contribution >= 0.6 is 0 Å². The summed E-state index contributed by atoms with van der Waals surface area (Å²) >= 11 is 0. The van der Waals surface area contributed by atoms with Crippen molar-refractivity contribution in [2.75, 3.05) is 26.2 Å². The predicted octanol–water partition coefficient (Wildman–Crippen LogP) is 5.06. The molecule has 0 aromatic heterocycles. The SMILES string of the molecule is Cc1cc(C)cc(C2(N3CCN(Cc4ccccc4C)CC3)Cc3ccccc3C2=O)c1. The Morgan fingerprint density at radius 2 is 1.47 bits per heavy atom. The molecule has 0 spiro atoms. The molecule has 1 heterocycles. The van der Waals surface area contributed by atoms with E-state index < -0.39 is 5.54 Å². The van der Waals surface area contributed by atoms with Crippen molar-refractivity contribution in [3.63, 3.8) is 0 Å². The van der Waals surface area contributed by atoms with Crippen molar-refractivity contribution in [2.45, 2.75) is 39.3 Å². The van der Waals surface area contributed by atoms with Crippen molar-refractivity contribution in [1.29, 1.82) is 0 Å². The maximum absolute atomic E-state index is 14.0. The van der Waals surface area contributed by atoms with E-state index in [2.05, 4.69) is 85.2 Å². The molecule has 0 bridgehead atoms. The minimum absolute atomic E-state index is 0.269. The van der Waals surface area contributed by atoms with Gasteiger partial charge in [0.1, 0.15) is 5.54 Å². The van der Waals surface area contributed by atoms with Gasteiger partial charge in [-0.3, -0.25) is 14.6 Å². The van der Waals surface area contributed by atoms with Gasteiger partial charge in [0.15, 0.2) is 5.78 Å². The predicted molar refractivity (Wildman–Crippen MR) is 130 cm³/mol. The topological polar surface area (TPSA) is 23.6 Å². The molecule has 164 valence electrons. The quantitative estimate of drug-likeness (QED) is 0.585. The monoisotopic (exact) mass is 424 g/mol. The fourth-order valence-electron chi connectivity index (χ4n) is 5.68. The number of Topliss-reactive ketones (excluding diaryl/α,β-unsaturated/α-hetero) is 1. The van der Waals surface area contributed by atoms with Gasteiger partial charge in [0.2, 0.25) is 0 Å². The number of hydrogen-bond donors (Lipinski definition) is 0. The average molecular weight is 425 g/mol. The zero-order chi connectivity index (χ0) is 22.3. The van der Waals surface area contributed by atoms with Gasteiger partial charge in [0, 0.05) is 44.7 Å². The fraction of sp³-hybridized carbons (Fsp3) is 0.345. The van der Waals surface area contributed by atoms with Gasteiger partial charge in [0.25, 0.3) is 0 Å². The zero-order valence-electron chi connectivity index (χ0n) is 19.4. The van der Waals surface area contributed by atoms with E-state index in [1.807, 2.05) is 12.1 Å². The van der Waals surface area contributed by atoms with E-state index >= 15 is 0 Å². The van der Waals surface area contributed by atoms with Crippen LogP contribution < -0.4 is 0 Å². The molecule has 3 aromatic rings. The Hall–Kier alpha value is -2.75. The molecule has 1 aliphatic heterocycles. The van der Waals surface area contributed by atoms with Crippen molar-refractivity contribution < 1.29 is 4.79 Å². The molecule has 1 atom stereocenters. The number of carbonyl (C=O) groups excluding carboxylic acids is 1. The number of benzene rings is 3. The normalized spacial score (nSPS) is 21.7. The zero-order valence-corrected chi connectivity index (χ0v) is 19.4. The van der Waals surface area contributed by atoms with Crippen LogP contribution in [-0.4, -0.2) is 41.8 Å². The minimum atomic E-state index is -0.588. The maximum Gasteiger partial charge on any atom is 0.188 e. The maximum atomic E-state index is 14.0. The molecule has 0 radical (unpaired) electrons. The molecule has 5 rings (SSSR count). The number of ketones is 1. The summed E-state index contributed by atoms with van der Waals surface area (Å²) in [5, 5.41) is 0. The van der Waals surface area contributed by atoms with Gasteiger partial charge in [-0.15, -0.1) is 0 Å². The first kappa shape index (κ1) is 21.1. The van der Waals surface area contributed by atoms with Crippen LogP contribution in [0, 0.1) is 20.8 Å². The third-order valence-corrected chi connectivity index (χ3v) is 7.35. The highest BCUT2D eigenvalue weighted by Crippen LogP contribution is 2.43. The first-order valence-corrected chi connectivity index (χ1v) is 11.7. The summed E-state index contributed by atoms with van der Waals surface area (Å²) in [7, 11) is 0. The van der Waals surface area contributed by atoms with Crippen LogP contribution in [0.1, 0.15) is 43.7 Å². The molecule has 0 amide bonds. The Morgan fingerprint density at radius 1 is 0.812 bits per heavy atom. The summed E-state index contributed by atoms with van der Waals surface area (Å²) in [4.78, 5) is 19.0. The second-order valence-electron chi connectivity index (χ2n) is 9.59. The molecule has 3 heteroatoms. The molecular formula is C29H32N2O. The van der Waals surface area contributed by atoms with Gasteiger partial charge in [-0.05, 0) is 43.0 Å². The molecule has 3 nitrogen and oxygen atoms in total. The second-order valence-corrected chi connectivity index (χ2v) is 9.59. The van der Waals surface area contributed by atoms with E-state index in [0.717, 1.165) is 50.3 Å². The number of hydrogen-bond acceptors (Lipinski definition) is 3. The lowest BCUT2D eigenvalue weighted by atomic mass is 9.82. The molecule has 0 N–H and O–H groups in total. The van der Waals surface area contributed by atoms with E-state index in [1.54, 1.807) is 0 Å². The number of aryl methyl sites for hydroxylation is 3. The van der Waals surface area contributed by atoms with Gasteiger partial charge in [-0.2, -0.15) is 0 Å². The van der Waals surface area contributed by atoms with Gasteiger partial charge >= 0.3 is 0 Å². The molecule has 1 aliphatic carbocycles. The fourth-order valence-corrected chi connectivity index (χ4v) is 5.68. The largest absolute Gasteiger partial charge is 0.297 e. The van der Waals surface area contributed by atoms with Crippen LogP contribution in [0.2, 0.25) is 0 Å². The summed E-state index contributed by atoms with van der Waals surface area (Å²) in [6.45, 7) is 11.2. The van der Waals surface area contributed by atoms with E-state index in [0.29, 0.717) is 0 Å². The summed E-state index contributed by atoms with van der Waals surface area (Å²) in [6, 6.07) is 23.5. The van der Waals surface area contributed by atoms with Crippen molar-refractivity contribution in [3.05, 3.63) is 106 Å². The number of piperazine rings is 1. The van der Waals surface area contributed by atoms with Crippen molar-refractivity contribution in [2.24, 2.45) is 0 Å². The van der Waals surface area contributed by atoms with Crippen molar-refractivity contribution >= 4 is 5.78 Å². The molecule has 3 aromatic carbocycles. The van der Waals surface area contributed by atoms with Crippen LogP contribution in [-0.2, 0) is 18.5 Å². The standard InChI is InChI=1S/C29H32N2O/c1-21-16-22(2)18-26(17-21)29(19-24-9-6-7-11-27(24)28(29)32)31-14-12-30(13-15-31)20-25-10-5-4-8-23(25)3/h4-11,16-18H,12-15,19-20H2,1-3H3. The molecule has 1 saturated heterocycles. The first-order chi connectivity index (χ1) is 15.5. The Labute approximate surface area is 191 Å². The van der Waals surface area contributed by atoms with Crippen LogP contribution in [0.15, 0.2) is 66.7 Å². The highest BCUT2D eigenvalue weighted by molar-refractivity contribution is 6.08. The van der Waals surface area contributed by atoms with Crippen LogP contribution in [0.25, 0.3) is 0 Å². The summed E-state index contributed by atoms with van der Waals surface area (Å²) < 4.78 is 0. The minimum Gasteiger partial charge on any atom is -0.297 e. The summed E-state index contributed by atoms with van der Waals surface area (Å²) in [5.74, 6) is 0.269. The smallest absolute Gasteiger partial charge is 0.188 e. The summed E-state index contributed by atoms with van der Waals surface area (Å²) in [5.41, 5.74) is 7.84. The number of nitrogens with zero attached hydrogens (tertiary/aromatic N) is 2. The third kappa shape index (κ3) is 3.60.